The fraction of sp³-hybridized carbons (Fsp3) is 0.457. The Morgan fingerprint density at radius 1 is 1.09 bits per heavy atom. The van der Waals surface area contributed by atoms with Gasteiger partial charge in [0, 0.05) is 41.4 Å². The first-order valence-electron chi connectivity index (χ1n) is 16.5. The van der Waals surface area contributed by atoms with Gasteiger partial charge in [-0.3, -0.25) is 9.97 Å². The Labute approximate surface area is 277 Å². The van der Waals surface area contributed by atoms with E-state index in [0.717, 1.165) is 64.6 Å². The van der Waals surface area contributed by atoms with Gasteiger partial charge in [-0.25, -0.2) is 13.4 Å². The molecular formula is C35H36N6O4S2. The number of fused-ring (bicyclic) bond motifs is 4. The molecule has 4 unspecified atom stereocenters. The van der Waals surface area contributed by atoms with Crippen LogP contribution < -0.4 is 5.32 Å². The van der Waals surface area contributed by atoms with Gasteiger partial charge in [-0.2, -0.15) is 0 Å². The summed E-state index contributed by atoms with van der Waals surface area (Å²) in [6.07, 6.45) is 7.18. The summed E-state index contributed by atoms with van der Waals surface area (Å²) < 4.78 is 41.0. The zero-order valence-electron chi connectivity index (χ0n) is 26.6. The van der Waals surface area contributed by atoms with Gasteiger partial charge in [0.05, 0.1) is 51.6 Å². The lowest BCUT2D eigenvalue weighted by Gasteiger charge is -2.18. The average Bonchev–Trinajstić information content (AvgIpc) is 3.71. The van der Waals surface area contributed by atoms with Crippen molar-refractivity contribution in [3.8, 4) is 21.9 Å². The van der Waals surface area contributed by atoms with Gasteiger partial charge >= 0.3 is 0 Å². The van der Waals surface area contributed by atoms with Crippen molar-refractivity contribution in [1.29, 1.82) is 0 Å². The smallest absolute Gasteiger partial charge is 0.250 e. The van der Waals surface area contributed by atoms with Gasteiger partial charge in [-0.15, -0.1) is 21.5 Å². The highest BCUT2D eigenvalue weighted by atomic mass is 32.2. The Bertz CT molecular complexity index is 2150. The number of hydrogen-bond donors (Lipinski definition) is 1. The predicted molar refractivity (Wildman–Crippen MR) is 179 cm³/mol. The minimum Gasteiger partial charge on any atom is -0.421 e. The molecule has 0 radical (unpaired) electrons. The zero-order valence-corrected chi connectivity index (χ0v) is 28.2. The molecular weight excluding hydrogens is 633 g/mol. The summed E-state index contributed by atoms with van der Waals surface area (Å²) in [6, 6.07) is 8.29. The average molecular weight is 669 g/mol. The molecule has 2 aliphatic carbocycles. The van der Waals surface area contributed by atoms with Crippen molar-refractivity contribution in [1.82, 2.24) is 25.1 Å². The number of hydrogen-bond acceptors (Lipinski definition) is 11. The van der Waals surface area contributed by atoms with Crippen LogP contribution in [0, 0.1) is 30.6 Å². The number of anilines is 1. The minimum atomic E-state index is -3.65. The molecule has 0 aromatic carbocycles. The highest BCUT2D eigenvalue weighted by molar-refractivity contribution is 7.92. The molecule has 242 valence electrons. The lowest BCUT2D eigenvalue weighted by Crippen LogP contribution is -2.11. The summed E-state index contributed by atoms with van der Waals surface area (Å²) in [5.74, 6) is 3.32. The molecule has 5 aromatic heterocycles. The molecule has 0 amide bonds. The quantitative estimate of drug-likeness (QED) is 0.194. The van der Waals surface area contributed by atoms with Crippen LogP contribution in [-0.2, 0) is 27.4 Å². The standard InChI is InChI=1S/C35H36N6O4S2/c1-17(2)24-16-47(42,43)33-30(28-13-19-10-12-37-34(32(19)46-28)39-26-9-8-25-21(26)5-4-11-36-25)29(35-41-40-18(3)45-35)27(38-31(24)33)7-6-20-22-14-44-15-23(20)22/h4-5,10-13,17,20,22-24,26H,6-9,14-16H2,1-3H3,(H,37,39). The molecule has 2 aliphatic heterocycles. The topological polar surface area (TPSA) is 133 Å². The van der Waals surface area contributed by atoms with E-state index in [2.05, 4.69) is 46.5 Å². The third-order valence-electron chi connectivity index (χ3n) is 10.7. The molecule has 47 heavy (non-hydrogen) atoms. The van der Waals surface area contributed by atoms with E-state index in [1.54, 1.807) is 18.3 Å². The first kappa shape index (κ1) is 29.4. The molecule has 1 saturated heterocycles. The van der Waals surface area contributed by atoms with Gasteiger partial charge in [-0.1, -0.05) is 19.9 Å². The normalized spacial score (nSPS) is 25.3. The number of sulfone groups is 1. The van der Waals surface area contributed by atoms with Crippen LogP contribution >= 0.6 is 11.3 Å². The van der Waals surface area contributed by atoms with Crippen molar-refractivity contribution >= 4 is 37.1 Å². The van der Waals surface area contributed by atoms with Crippen LogP contribution in [0.15, 0.2) is 46.0 Å². The molecule has 10 nitrogen and oxygen atoms in total. The maximum absolute atomic E-state index is 14.2. The fourth-order valence-electron chi connectivity index (χ4n) is 8.16. The van der Waals surface area contributed by atoms with Crippen molar-refractivity contribution < 1.29 is 17.6 Å². The van der Waals surface area contributed by atoms with E-state index in [9.17, 15) is 8.42 Å². The Hall–Kier alpha value is -3.74. The number of aryl methyl sites for hydroxylation is 3. The highest BCUT2D eigenvalue weighted by Gasteiger charge is 2.53. The second-order valence-electron chi connectivity index (χ2n) is 13.8. The Balaban J connectivity index is 1.22. The summed E-state index contributed by atoms with van der Waals surface area (Å²) in [7, 11) is -3.65. The third-order valence-corrected chi connectivity index (χ3v) is 13.7. The molecule has 0 bridgehead atoms. The fourth-order valence-corrected chi connectivity index (χ4v) is 11.6. The molecule has 1 N–H and O–H groups in total. The van der Waals surface area contributed by atoms with Gasteiger partial charge in [0.1, 0.15) is 5.82 Å². The van der Waals surface area contributed by atoms with E-state index in [1.807, 2.05) is 24.5 Å². The van der Waals surface area contributed by atoms with Crippen LogP contribution in [0.25, 0.3) is 32.0 Å². The molecule has 5 aromatic rings. The number of pyridine rings is 3. The largest absolute Gasteiger partial charge is 0.421 e. The summed E-state index contributed by atoms with van der Waals surface area (Å²) in [4.78, 5) is 15.7. The monoisotopic (exact) mass is 668 g/mol. The SMILES string of the molecule is Cc1nnc(-c2c(CCC3C4COCC34)nc3c(c2-c2cc4ccnc(NC5CCc6ncccc65)c4s2)S(=O)(=O)CC3C(C)C)o1. The third kappa shape index (κ3) is 4.82. The van der Waals surface area contributed by atoms with Crippen molar-refractivity contribution in [3.05, 3.63) is 65.2 Å². The Morgan fingerprint density at radius 3 is 2.72 bits per heavy atom. The first-order chi connectivity index (χ1) is 22.8. The van der Waals surface area contributed by atoms with E-state index in [1.165, 1.54) is 5.56 Å². The molecule has 4 atom stereocenters. The van der Waals surface area contributed by atoms with Gasteiger partial charge < -0.3 is 14.5 Å². The van der Waals surface area contributed by atoms with E-state index in [-0.39, 0.29) is 23.6 Å². The first-order valence-corrected chi connectivity index (χ1v) is 19.0. The van der Waals surface area contributed by atoms with E-state index < -0.39 is 9.84 Å². The molecule has 0 spiro atoms. The molecule has 9 rings (SSSR count). The van der Waals surface area contributed by atoms with Crippen molar-refractivity contribution in [2.45, 2.75) is 63.3 Å². The van der Waals surface area contributed by atoms with Gasteiger partial charge in [-0.05, 0) is 78.5 Å². The van der Waals surface area contributed by atoms with Crippen molar-refractivity contribution in [3.63, 3.8) is 0 Å². The number of aromatic nitrogens is 5. The lowest BCUT2D eigenvalue weighted by atomic mass is 9.90. The van der Waals surface area contributed by atoms with Crippen LogP contribution in [0.4, 0.5) is 5.82 Å². The van der Waals surface area contributed by atoms with Crippen molar-refractivity contribution in [2.24, 2.45) is 23.7 Å². The van der Waals surface area contributed by atoms with Crippen molar-refractivity contribution in [2.75, 3.05) is 24.3 Å². The second kappa shape index (κ2) is 10.9. The Morgan fingerprint density at radius 2 is 1.94 bits per heavy atom. The highest BCUT2D eigenvalue weighted by Crippen LogP contribution is 2.55. The predicted octanol–water partition coefficient (Wildman–Crippen LogP) is 6.56. The van der Waals surface area contributed by atoms with Gasteiger partial charge in [0.15, 0.2) is 9.84 Å². The number of ether oxygens (including phenoxy) is 1. The van der Waals surface area contributed by atoms with Crippen LogP contribution in [0.3, 0.4) is 0 Å². The summed E-state index contributed by atoms with van der Waals surface area (Å²) >= 11 is 1.55. The Kier molecular flexibility index (Phi) is 6.82. The maximum atomic E-state index is 14.2. The number of rotatable bonds is 8. The summed E-state index contributed by atoms with van der Waals surface area (Å²) in [6.45, 7) is 7.58. The molecule has 2 fully saturated rings. The van der Waals surface area contributed by atoms with E-state index in [4.69, 9.17) is 19.1 Å². The zero-order chi connectivity index (χ0) is 32.0. The number of nitrogens with one attached hydrogen (secondary N) is 1. The lowest BCUT2D eigenvalue weighted by molar-refractivity contribution is 0.149. The maximum Gasteiger partial charge on any atom is 0.250 e. The molecule has 12 heteroatoms. The summed E-state index contributed by atoms with van der Waals surface area (Å²) in [5, 5.41) is 13.3. The minimum absolute atomic E-state index is 0.0459. The van der Waals surface area contributed by atoms with E-state index >= 15 is 0 Å². The second-order valence-corrected chi connectivity index (χ2v) is 16.8. The number of nitrogens with zero attached hydrogens (tertiary/aromatic N) is 5. The van der Waals surface area contributed by atoms with Crippen LogP contribution in [0.1, 0.15) is 67.2 Å². The van der Waals surface area contributed by atoms with E-state index in [0.29, 0.717) is 57.7 Å². The molecule has 7 heterocycles. The molecule has 4 aliphatic rings. The van der Waals surface area contributed by atoms with Crippen LogP contribution in [0.2, 0.25) is 0 Å². The van der Waals surface area contributed by atoms with Crippen LogP contribution in [-0.4, -0.2) is 52.5 Å². The molecule has 1 saturated carbocycles. The number of thiophene rings is 1. The van der Waals surface area contributed by atoms with Gasteiger partial charge in [0.25, 0.3) is 0 Å². The summed E-state index contributed by atoms with van der Waals surface area (Å²) in [5.41, 5.74) is 5.11. The van der Waals surface area contributed by atoms with Gasteiger partial charge in [0.2, 0.25) is 11.8 Å². The van der Waals surface area contributed by atoms with Crippen LogP contribution in [0.5, 0.6) is 0 Å².